The molecule has 98 valence electrons. The highest BCUT2D eigenvalue weighted by molar-refractivity contribution is 6.60. The van der Waals surface area contributed by atoms with Crippen LogP contribution < -0.4 is 0 Å². The van der Waals surface area contributed by atoms with Crippen molar-refractivity contribution in [3.63, 3.8) is 0 Å². The lowest BCUT2D eigenvalue weighted by molar-refractivity contribution is 0.0854. The maximum Gasteiger partial charge on any atom is 0.500 e. The molecule has 0 aromatic carbocycles. The second kappa shape index (κ2) is 9.12. The second-order valence-corrected chi connectivity index (χ2v) is 7.03. The molecule has 16 heavy (non-hydrogen) atoms. The lowest BCUT2D eigenvalue weighted by Crippen LogP contribution is -2.44. The van der Waals surface area contributed by atoms with Crippen molar-refractivity contribution in [1.82, 2.24) is 0 Å². The van der Waals surface area contributed by atoms with Gasteiger partial charge in [-0.1, -0.05) is 20.3 Å². The lowest BCUT2D eigenvalue weighted by Gasteiger charge is -2.27. The zero-order chi connectivity index (χ0) is 12.4. The minimum Gasteiger partial charge on any atom is -0.381 e. The number of rotatable bonds is 10. The molecule has 0 radical (unpaired) electrons. The summed E-state index contributed by atoms with van der Waals surface area (Å²) in [5.41, 5.74) is 0. The van der Waals surface area contributed by atoms with E-state index in [9.17, 15) is 0 Å². The molecule has 0 bridgehead atoms. The van der Waals surface area contributed by atoms with E-state index >= 15 is 0 Å². The lowest BCUT2D eigenvalue weighted by atomic mass is 10.2. The average molecular weight is 250 g/mol. The Morgan fingerprint density at radius 1 is 1.06 bits per heavy atom. The molecule has 0 saturated heterocycles. The first-order valence-corrected chi connectivity index (χ1v) is 7.80. The summed E-state index contributed by atoms with van der Waals surface area (Å²) in [7, 11) is 2.50. The molecule has 1 atom stereocenters. The molecule has 0 rings (SSSR count). The Hall–Kier alpha value is 0.0569. The van der Waals surface area contributed by atoms with Crippen molar-refractivity contribution in [3.8, 4) is 0 Å². The van der Waals surface area contributed by atoms with Crippen LogP contribution in [-0.2, 0) is 18.0 Å². The van der Waals surface area contributed by atoms with E-state index in [2.05, 4.69) is 13.8 Å². The fourth-order valence-electron chi connectivity index (χ4n) is 1.52. The second-order valence-electron chi connectivity index (χ2n) is 4.03. The average Bonchev–Trinajstić information content (AvgIpc) is 2.32. The number of hydrogen-bond donors (Lipinski definition) is 0. The molecule has 1 unspecified atom stereocenters. The first kappa shape index (κ1) is 16.1. The minimum atomic E-state index is -2.43. The standard InChI is InChI=1S/C11H26O4Si/c1-6-7-8-15-9-11(2)10-16(12-3,13-4)14-5/h11H,6-10H2,1-5H3. The van der Waals surface area contributed by atoms with Crippen LogP contribution in [0.4, 0.5) is 0 Å². The summed E-state index contributed by atoms with van der Waals surface area (Å²) in [4.78, 5) is 0. The van der Waals surface area contributed by atoms with Gasteiger partial charge >= 0.3 is 8.80 Å². The molecule has 0 aliphatic carbocycles. The van der Waals surface area contributed by atoms with Crippen LogP contribution in [0.3, 0.4) is 0 Å². The molecule has 0 N–H and O–H groups in total. The number of unbranched alkanes of at least 4 members (excludes halogenated alkanes) is 1. The van der Waals surface area contributed by atoms with Gasteiger partial charge in [-0.2, -0.15) is 0 Å². The van der Waals surface area contributed by atoms with Crippen molar-refractivity contribution in [2.24, 2.45) is 5.92 Å². The summed E-state index contributed by atoms with van der Waals surface area (Å²) in [6.07, 6.45) is 2.29. The Labute approximate surface area is 101 Å². The van der Waals surface area contributed by atoms with Gasteiger partial charge in [-0.15, -0.1) is 0 Å². The van der Waals surface area contributed by atoms with Gasteiger partial charge in [0.25, 0.3) is 0 Å². The van der Waals surface area contributed by atoms with Crippen molar-refractivity contribution in [2.45, 2.75) is 32.7 Å². The fraction of sp³-hybridized carbons (Fsp3) is 1.00. The predicted molar refractivity (Wildman–Crippen MR) is 66.5 cm³/mol. The van der Waals surface area contributed by atoms with Crippen LogP contribution in [0.15, 0.2) is 0 Å². The highest BCUT2D eigenvalue weighted by atomic mass is 28.4. The van der Waals surface area contributed by atoms with Gasteiger partial charge in [0.1, 0.15) is 0 Å². The zero-order valence-electron chi connectivity index (χ0n) is 11.2. The minimum absolute atomic E-state index is 0.392. The molecule has 0 amide bonds. The maximum absolute atomic E-state index is 5.57. The van der Waals surface area contributed by atoms with Gasteiger partial charge < -0.3 is 18.0 Å². The SMILES string of the molecule is CCCCOCC(C)C[Si](OC)(OC)OC. The Morgan fingerprint density at radius 2 is 1.62 bits per heavy atom. The quantitative estimate of drug-likeness (QED) is 0.440. The molecule has 4 nitrogen and oxygen atoms in total. The molecule has 0 aliphatic heterocycles. The summed E-state index contributed by atoms with van der Waals surface area (Å²) in [6, 6.07) is 0.794. The summed E-state index contributed by atoms with van der Waals surface area (Å²) in [6.45, 7) is 5.86. The van der Waals surface area contributed by atoms with E-state index in [4.69, 9.17) is 18.0 Å². The molecule has 0 fully saturated rings. The Kier molecular flexibility index (Phi) is 9.16. The van der Waals surface area contributed by atoms with Crippen molar-refractivity contribution in [3.05, 3.63) is 0 Å². The summed E-state index contributed by atoms with van der Waals surface area (Å²) in [5, 5.41) is 0. The first-order chi connectivity index (χ1) is 7.64. The molecule has 0 heterocycles. The largest absolute Gasteiger partial charge is 0.500 e. The number of ether oxygens (including phenoxy) is 1. The van der Waals surface area contributed by atoms with E-state index in [0.717, 1.165) is 25.7 Å². The highest BCUT2D eigenvalue weighted by Gasteiger charge is 2.39. The van der Waals surface area contributed by atoms with Gasteiger partial charge in [0, 0.05) is 40.6 Å². The first-order valence-electron chi connectivity index (χ1n) is 5.87. The topological polar surface area (TPSA) is 36.9 Å². The van der Waals surface area contributed by atoms with Crippen LogP contribution in [0.5, 0.6) is 0 Å². The van der Waals surface area contributed by atoms with Gasteiger partial charge in [0.2, 0.25) is 0 Å². The van der Waals surface area contributed by atoms with Crippen molar-refractivity contribution >= 4 is 8.80 Å². The van der Waals surface area contributed by atoms with Crippen LogP contribution in [0, 0.1) is 5.92 Å². The van der Waals surface area contributed by atoms with E-state index in [1.165, 1.54) is 6.42 Å². The molecule has 0 saturated carbocycles. The third kappa shape index (κ3) is 5.96. The molecule has 0 aromatic heterocycles. The van der Waals surface area contributed by atoms with E-state index < -0.39 is 8.80 Å². The van der Waals surface area contributed by atoms with E-state index in [0.29, 0.717) is 5.92 Å². The van der Waals surface area contributed by atoms with E-state index in [1.807, 2.05) is 0 Å². The Balaban J connectivity index is 3.86. The van der Waals surface area contributed by atoms with Crippen LogP contribution in [-0.4, -0.2) is 43.3 Å². The van der Waals surface area contributed by atoms with Gasteiger partial charge in [0.05, 0.1) is 0 Å². The van der Waals surface area contributed by atoms with Crippen LogP contribution in [0.2, 0.25) is 6.04 Å². The monoisotopic (exact) mass is 250 g/mol. The smallest absolute Gasteiger partial charge is 0.381 e. The zero-order valence-corrected chi connectivity index (χ0v) is 12.2. The normalized spacial score (nSPS) is 14.1. The van der Waals surface area contributed by atoms with Gasteiger partial charge in [-0.3, -0.25) is 0 Å². The summed E-state index contributed by atoms with van der Waals surface area (Å²) in [5.74, 6) is 0.392. The Morgan fingerprint density at radius 3 is 2.06 bits per heavy atom. The van der Waals surface area contributed by atoms with E-state index in [1.54, 1.807) is 21.3 Å². The van der Waals surface area contributed by atoms with Crippen molar-refractivity contribution in [1.29, 1.82) is 0 Å². The van der Waals surface area contributed by atoms with Gasteiger partial charge in [-0.05, 0) is 12.3 Å². The van der Waals surface area contributed by atoms with E-state index in [-0.39, 0.29) is 0 Å². The third-order valence-electron chi connectivity index (χ3n) is 2.58. The summed E-state index contributed by atoms with van der Waals surface area (Å²) >= 11 is 0. The molecule has 0 spiro atoms. The Bertz CT molecular complexity index is 154. The van der Waals surface area contributed by atoms with Gasteiger partial charge in [0.15, 0.2) is 0 Å². The third-order valence-corrected chi connectivity index (χ3v) is 5.64. The molecule has 0 aromatic rings. The van der Waals surface area contributed by atoms with Gasteiger partial charge in [-0.25, -0.2) is 0 Å². The number of hydrogen-bond acceptors (Lipinski definition) is 4. The fourth-order valence-corrected chi connectivity index (χ4v) is 3.49. The van der Waals surface area contributed by atoms with Crippen LogP contribution in [0.1, 0.15) is 26.7 Å². The summed E-state index contributed by atoms with van der Waals surface area (Å²) < 4.78 is 21.7. The van der Waals surface area contributed by atoms with Crippen molar-refractivity contribution < 1.29 is 18.0 Å². The predicted octanol–water partition coefficient (Wildman–Crippen LogP) is 2.32. The molecular weight excluding hydrogens is 224 g/mol. The highest BCUT2D eigenvalue weighted by Crippen LogP contribution is 2.19. The van der Waals surface area contributed by atoms with Crippen LogP contribution in [0.25, 0.3) is 0 Å². The van der Waals surface area contributed by atoms with Crippen molar-refractivity contribution in [2.75, 3.05) is 34.5 Å². The van der Waals surface area contributed by atoms with Crippen LogP contribution >= 0.6 is 0 Å². The molecule has 5 heteroatoms. The maximum atomic E-state index is 5.57. The molecule has 0 aliphatic rings. The molecular formula is C11H26O4Si.